The van der Waals surface area contributed by atoms with Gasteiger partial charge in [0, 0.05) is 11.1 Å². The first-order valence-electron chi connectivity index (χ1n) is 6.20. The fourth-order valence-electron chi connectivity index (χ4n) is 2.45. The molecule has 0 saturated carbocycles. The molecule has 4 nitrogen and oxygen atoms in total. The van der Waals surface area contributed by atoms with Gasteiger partial charge in [-0.3, -0.25) is 0 Å². The molecule has 100 valence electrons. The van der Waals surface area contributed by atoms with E-state index in [1.54, 1.807) is 4.57 Å². The van der Waals surface area contributed by atoms with Crippen molar-refractivity contribution in [2.45, 2.75) is 0 Å². The molecule has 0 spiro atoms. The molecule has 0 aliphatic carbocycles. The standard InChI is InChI=1S/C16H13NO3/c1-20-15-12-9-5-6-10-13(12)17(14(15)16(18)19)11-7-3-2-4-8-11/h2-10H,1H3,(H,18,19). The number of aromatic nitrogens is 1. The molecule has 1 N–H and O–H groups in total. The fraction of sp³-hybridized carbons (Fsp3) is 0.0625. The first-order valence-corrected chi connectivity index (χ1v) is 6.20. The molecule has 20 heavy (non-hydrogen) atoms. The zero-order valence-corrected chi connectivity index (χ0v) is 10.9. The third kappa shape index (κ3) is 1.73. The molecule has 1 heterocycles. The number of carboxylic acid groups (broad SMARTS) is 1. The number of hydrogen-bond acceptors (Lipinski definition) is 2. The number of carboxylic acids is 1. The van der Waals surface area contributed by atoms with Crippen LogP contribution in [0, 0.1) is 0 Å². The number of para-hydroxylation sites is 2. The van der Waals surface area contributed by atoms with E-state index in [1.165, 1.54) is 7.11 Å². The van der Waals surface area contributed by atoms with E-state index in [2.05, 4.69) is 0 Å². The summed E-state index contributed by atoms with van der Waals surface area (Å²) in [6.07, 6.45) is 0. The molecule has 0 radical (unpaired) electrons. The third-order valence-electron chi connectivity index (χ3n) is 3.25. The van der Waals surface area contributed by atoms with Crippen LogP contribution in [0.4, 0.5) is 0 Å². The first kappa shape index (κ1) is 12.3. The number of benzene rings is 2. The van der Waals surface area contributed by atoms with Gasteiger partial charge in [0.15, 0.2) is 11.4 Å². The maximum Gasteiger partial charge on any atom is 0.356 e. The summed E-state index contributed by atoms with van der Waals surface area (Å²) in [5.74, 6) is -0.626. The Hall–Kier alpha value is -2.75. The maximum absolute atomic E-state index is 11.6. The molecule has 4 heteroatoms. The highest BCUT2D eigenvalue weighted by molar-refractivity contribution is 6.02. The Morgan fingerprint density at radius 2 is 1.70 bits per heavy atom. The quantitative estimate of drug-likeness (QED) is 0.791. The van der Waals surface area contributed by atoms with Gasteiger partial charge in [0.05, 0.1) is 12.6 Å². The number of fused-ring (bicyclic) bond motifs is 1. The molecule has 2 aromatic carbocycles. The summed E-state index contributed by atoms with van der Waals surface area (Å²) in [6, 6.07) is 16.9. The van der Waals surface area contributed by atoms with Crippen molar-refractivity contribution in [2.24, 2.45) is 0 Å². The average Bonchev–Trinajstić information content (AvgIpc) is 2.82. The minimum absolute atomic E-state index is 0.139. The summed E-state index contributed by atoms with van der Waals surface area (Å²) in [6.45, 7) is 0. The summed E-state index contributed by atoms with van der Waals surface area (Å²) in [4.78, 5) is 11.6. The maximum atomic E-state index is 11.6. The molecular formula is C16H13NO3. The Balaban J connectivity index is 2.46. The van der Waals surface area contributed by atoms with Crippen molar-refractivity contribution in [1.82, 2.24) is 4.57 Å². The highest BCUT2D eigenvalue weighted by Gasteiger charge is 2.23. The summed E-state index contributed by atoms with van der Waals surface area (Å²) >= 11 is 0. The number of ether oxygens (including phenoxy) is 1. The number of carbonyl (C=O) groups is 1. The molecule has 0 atom stereocenters. The summed E-state index contributed by atoms with van der Waals surface area (Å²) in [5.41, 5.74) is 1.75. The number of methoxy groups -OCH3 is 1. The van der Waals surface area contributed by atoms with Crippen molar-refractivity contribution in [1.29, 1.82) is 0 Å². The number of nitrogens with zero attached hydrogens (tertiary/aromatic N) is 1. The smallest absolute Gasteiger partial charge is 0.356 e. The molecule has 0 fully saturated rings. The lowest BCUT2D eigenvalue weighted by Crippen LogP contribution is -2.07. The Bertz CT molecular complexity index is 775. The van der Waals surface area contributed by atoms with Gasteiger partial charge in [0.1, 0.15) is 0 Å². The second-order valence-electron chi connectivity index (χ2n) is 4.38. The van der Waals surface area contributed by atoms with E-state index in [1.807, 2.05) is 54.6 Å². The van der Waals surface area contributed by atoms with Crippen molar-refractivity contribution in [3.63, 3.8) is 0 Å². The lowest BCUT2D eigenvalue weighted by Gasteiger charge is -2.08. The second-order valence-corrected chi connectivity index (χ2v) is 4.38. The van der Waals surface area contributed by atoms with E-state index in [0.717, 1.165) is 16.6 Å². The Labute approximate surface area is 115 Å². The molecule has 1 aromatic heterocycles. The Kier molecular flexibility index (Phi) is 2.91. The molecule has 0 bridgehead atoms. The van der Waals surface area contributed by atoms with Gasteiger partial charge in [-0.2, -0.15) is 0 Å². The number of rotatable bonds is 3. The van der Waals surface area contributed by atoms with Crippen molar-refractivity contribution in [3.8, 4) is 11.4 Å². The van der Waals surface area contributed by atoms with Crippen LogP contribution < -0.4 is 4.74 Å². The van der Waals surface area contributed by atoms with Crippen LogP contribution in [0.3, 0.4) is 0 Å². The van der Waals surface area contributed by atoms with Crippen molar-refractivity contribution in [2.75, 3.05) is 7.11 Å². The summed E-state index contributed by atoms with van der Waals surface area (Å²) in [5, 5.41) is 10.3. The summed E-state index contributed by atoms with van der Waals surface area (Å²) in [7, 11) is 1.49. The lowest BCUT2D eigenvalue weighted by atomic mass is 10.2. The Morgan fingerprint density at radius 1 is 1.05 bits per heavy atom. The van der Waals surface area contributed by atoms with Gasteiger partial charge in [0.25, 0.3) is 0 Å². The highest BCUT2D eigenvalue weighted by Crippen LogP contribution is 2.35. The average molecular weight is 267 g/mol. The van der Waals surface area contributed by atoms with Crippen LogP contribution in [0.25, 0.3) is 16.6 Å². The third-order valence-corrected chi connectivity index (χ3v) is 3.25. The molecule has 0 amide bonds. The van der Waals surface area contributed by atoms with E-state index < -0.39 is 5.97 Å². The lowest BCUT2D eigenvalue weighted by molar-refractivity contribution is 0.0685. The van der Waals surface area contributed by atoms with Gasteiger partial charge >= 0.3 is 5.97 Å². The largest absolute Gasteiger partial charge is 0.494 e. The van der Waals surface area contributed by atoms with E-state index in [-0.39, 0.29) is 5.69 Å². The van der Waals surface area contributed by atoms with E-state index in [4.69, 9.17) is 4.74 Å². The first-order chi connectivity index (χ1) is 9.74. The van der Waals surface area contributed by atoms with Gasteiger partial charge < -0.3 is 14.4 Å². The van der Waals surface area contributed by atoms with Gasteiger partial charge in [-0.1, -0.05) is 30.3 Å². The normalized spacial score (nSPS) is 10.7. The van der Waals surface area contributed by atoms with Gasteiger partial charge in [-0.25, -0.2) is 4.79 Å². The molecule has 3 rings (SSSR count). The molecule has 0 aliphatic heterocycles. The zero-order valence-electron chi connectivity index (χ0n) is 10.9. The van der Waals surface area contributed by atoms with Crippen molar-refractivity contribution < 1.29 is 14.6 Å². The molecule has 0 unspecified atom stereocenters. The molecule has 0 aliphatic rings. The second kappa shape index (κ2) is 4.74. The number of hydrogen-bond donors (Lipinski definition) is 1. The fourth-order valence-corrected chi connectivity index (χ4v) is 2.45. The van der Waals surface area contributed by atoms with Crippen LogP contribution in [-0.4, -0.2) is 22.8 Å². The van der Waals surface area contributed by atoms with Crippen LogP contribution >= 0.6 is 0 Å². The minimum atomic E-state index is -1.01. The molecular weight excluding hydrogens is 254 g/mol. The molecule has 0 saturated heterocycles. The molecule has 3 aromatic rings. The van der Waals surface area contributed by atoms with Crippen LogP contribution in [0.1, 0.15) is 10.5 Å². The SMILES string of the molecule is COc1c(C(=O)O)n(-c2ccccc2)c2ccccc12. The highest BCUT2D eigenvalue weighted by atomic mass is 16.5. The zero-order chi connectivity index (χ0) is 14.1. The predicted molar refractivity (Wildman–Crippen MR) is 76.8 cm³/mol. The van der Waals surface area contributed by atoms with E-state index in [0.29, 0.717) is 5.75 Å². The van der Waals surface area contributed by atoms with E-state index >= 15 is 0 Å². The predicted octanol–water partition coefficient (Wildman–Crippen LogP) is 3.34. The van der Waals surface area contributed by atoms with Crippen molar-refractivity contribution in [3.05, 3.63) is 60.3 Å². The van der Waals surface area contributed by atoms with Gasteiger partial charge in [0.2, 0.25) is 0 Å². The topological polar surface area (TPSA) is 51.5 Å². The van der Waals surface area contributed by atoms with Crippen LogP contribution in [0.5, 0.6) is 5.75 Å². The summed E-state index contributed by atoms with van der Waals surface area (Å²) < 4.78 is 7.03. The van der Waals surface area contributed by atoms with Crippen LogP contribution in [0.15, 0.2) is 54.6 Å². The van der Waals surface area contributed by atoms with Gasteiger partial charge in [-0.05, 0) is 24.3 Å². The van der Waals surface area contributed by atoms with Crippen LogP contribution in [-0.2, 0) is 0 Å². The van der Waals surface area contributed by atoms with Crippen molar-refractivity contribution >= 4 is 16.9 Å². The van der Waals surface area contributed by atoms with Gasteiger partial charge in [-0.15, -0.1) is 0 Å². The van der Waals surface area contributed by atoms with E-state index in [9.17, 15) is 9.90 Å². The monoisotopic (exact) mass is 267 g/mol. The Morgan fingerprint density at radius 3 is 2.35 bits per heavy atom. The van der Waals surface area contributed by atoms with Crippen LogP contribution in [0.2, 0.25) is 0 Å². The minimum Gasteiger partial charge on any atom is -0.494 e. The number of aromatic carboxylic acids is 1.